The molecule has 0 atom stereocenters. The van der Waals surface area contributed by atoms with Gasteiger partial charge in [0.15, 0.2) is 23.0 Å². The highest BCUT2D eigenvalue weighted by Gasteiger charge is 2.27. The molecule has 196 valence electrons. The molecular weight excluding hydrogens is 472 g/mol. The maximum absolute atomic E-state index is 12.4. The summed E-state index contributed by atoms with van der Waals surface area (Å²) < 4.78 is 48.6. The fourth-order valence-corrected chi connectivity index (χ4v) is 3.46. The maximum Gasteiger partial charge on any atom is 0.331 e. The molecule has 0 bridgehead atoms. The van der Waals surface area contributed by atoms with Gasteiger partial charge in [-0.3, -0.25) is 0 Å². The van der Waals surface area contributed by atoms with Crippen LogP contribution in [0.2, 0.25) is 0 Å². The van der Waals surface area contributed by atoms with Gasteiger partial charge in [-0.15, -0.1) is 0 Å². The Labute approximate surface area is 210 Å². The fraction of sp³-hybridized carbons (Fsp3) is 0.346. The highest BCUT2D eigenvalue weighted by Crippen LogP contribution is 2.53. The SMILES string of the molecule is COc1cc(OC)c(OC)cc1/C=C/COC(=O)/C=C/c1c(OC)c(OC)c(OC)c(OC)c1OC. The Morgan fingerprint density at radius 1 is 0.611 bits per heavy atom. The topological polar surface area (TPSA) is 100 Å². The van der Waals surface area contributed by atoms with Crippen LogP contribution in [0.4, 0.5) is 0 Å². The van der Waals surface area contributed by atoms with Gasteiger partial charge >= 0.3 is 5.97 Å². The summed E-state index contributed by atoms with van der Waals surface area (Å²) in [5, 5.41) is 0. The van der Waals surface area contributed by atoms with Crippen LogP contribution in [0.3, 0.4) is 0 Å². The van der Waals surface area contributed by atoms with E-state index < -0.39 is 5.97 Å². The molecule has 0 aliphatic carbocycles. The van der Waals surface area contributed by atoms with Crippen molar-refractivity contribution in [3.8, 4) is 46.0 Å². The van der Waals surface area contributed by atoms with Crippen molar-refractivity contribution < 1.29 is 47.4 Å². The maximum atomic E-state index is 12.4. The van der Waals surface area contributed by atoms with Gasteiger partial charge in [-0.25, -0.2) is 4.79 Å². The fourth-order valence-electron chi connectivity index (χ4n) is 3.46. The van der Waals surface area contributed by atoms with Crippen molar-refractivity contribution in [3.05, 3.63) is 35.4 Å². The van der Waals surface area contributed by atoms with Crippen LogP contribution >= 0.6 is 0 Å². The van der Waals surface area contributed by atoms with E-state index in [2.05, 4.69) is 0 Å². The van der Waals surface area contributed by atoms with E-state index in [1.54, 1.807) is 45.6 Å². The molecule has 36 heavy (non-hydrogen) atoms. The summed E-state index contributed by atoms with van der Waals surface area (Å²) in [6, 6.07) is 3.48. The van der Waals surface area contributed by atoms with Crippen LogP contribution in [0.1, 0.15) is 11.1 Å². The predicted octanol–water partition coefficient (Wildman–Crippen LogP) is 4.03. The van der Waals surface area contributed by atoms with Crippen LogP contribution in [0, 0.1) is 0 Å². The van der Waals surface area contributed by atoms with Crippen molar-refractivity contribution in [1.82, 2.24) is 0 Å². The third-order valence-corrected chi connectivity index (χ3v) is 5.08. The number of ether oxygens (including phenoxy) is 9. The van der Waals surface area contributed by atoms with Gasteiger partial charge in [0, 0.05) is 17.7 Å². The number of esters is 1. The van der Waals surface area contributed by atoms with E-state index in [0.717, 1.165) is 5.56 Å². The van der Waals surface area contributed by atoms with Crippen LogP contribution < -0.4 is 37.9 Å². The van der Waals surface area contributed by atoms with Gasteiger partial charge in [-0.2, -0.15) is 0 Å². The summed E-state index contributed by atoms with van der Waals surface area (Å²) >= 11 is 0. The van der Waals surface area contributed by atoms with Gasteiger partial charge in [0.05, 0.1) is 62.4 Å². The number of hydrogen-bond acceptors (Lipinski definition) is 10. The average Bonchev–Trinajstić information content (AvgIpc) is 2.91. The first-order valence-corrected chi connectivity index (χ1v) is 10.7. The smallest absolute Gasteiger partial charge is 0.331 e. The Morgan fingerprint density at radius 3 is 1.56 bits per heavy atom. The number of methoxy groups -OCH3 is 8. The molecule has 0 saturated heterocycles. The molecular formula is C26H32O10. The summed E-state index contributed by atoms with van der Waals surface area (Å²) in [4.78, 5) is 12.4. The first kappa shape index (κ1) is 28.0. The highest BCUT2D eigenvalue weighted by atomic mass is 16.6. The zero-order valence-corrected chi connectivity index (χ0v) is 21.8. The van der Waals surface area contributed by atoms with Crippen molar-refractivity contribution in [3.63, 3.8) is 0 Å². The van der Waals surface area contributed by atoms with Gasteiger partial charge in [0.1, 0.15) is 12.4 Å². The van der Waals surface area contributed by atoms with Crippen molar-refractivity contribution in [2.45, 2.75) is 0 Å². The second kappa shape index (κ2) is 13.6. The van der Waals surface area contributed by atoms with Crippen LogP contribution in [0.5, 0.6) is 46.0 Å². The lowest BCUT2D eigenvalue weighted by Crippen LogP contribution is -2.04. The molecule has 0 N–H and O–H groups in total. The van der Waals surface area contributed by atoms with E-state index in [4.69, 9.17) is 42.6 Å². The molecule has 0 aliphatic rings. The lowest BCUT2D eigenvalue weighted by atomic mass is 10.1. The Kier molecular flexibility index (Phi) is 10.6. The normalized spacial score (nSPS) is 10.8. The van der Waals surface area contributed by atoms with Crippen molar-refractivity contribution >= 4 is 18.1 Å². The number of benzene rings is 2. The quantitative estimate of drug-likeness (QED) is 0.294. The van der Waals surface area contributed by atoms with E-state index >= 15 is 0 Å². The number of carbonyl (C=O) groups is 1. The molecule has 2 rings (SSSR count). The van der Waals surface area contributed by atoms with Gasteiger partial charge < -0.3 is 42.6 Å². The van der Waals surface area contributed by atoms with Crippen LogP contribution in [-0.4, -0.2) is 69.5 Å². The third kappa shape index (κ3) is 6.07. The Hall–Kier alpha value is -4.21. The van der Waals surface area contributed by atoms with E-state index in [1.807, 2.05) is 0 Å². The highest BCUT2D eigenvalue weighted by molar-refractivity contribution is 5.90. The molecule has 0 fully saturated rings. The van der Waals surface area contributed by atoms with E-state index in [1.165, 1.54) is 47.7 Å². The zero-order chi connectivity index (χ0) is 26.7. The minimum atomic E-state index is -0.586. The van der Waals surface area contributed by atoms with E-state index in [-0.39, 0.29) is 18.1 Å². The Bertz CT molecular complexity index is 1070. The summed E-state index contributed by atoms with van der Waals surface area (Å²) in [7, 11) is 12.0. The molecule has 10 heteroatoms. The number of carbonyl (C=O) groups excluding carboxylic acids is 1. The second-order valence-corrected chi connectivity index (χ2v) is 6.89. The molecule has 0 unspecified atom stereocenters. The first-order chi connectivity index (χ1) is 17.4. The van der Waals surface area contributed by atoms with Gasteiger partial charge in [-0.05, 0) is 18.2 Å². The van der Waals surface area contributed by atoms with Crippen molar-refractivity contribution in [2.75, 3.05) is 63.5 Å². The summed E-state index contributed by atoms with van der Waals surface area (Å²) in [6.45, 7) is 0.0181. The minimum Gasteiger partial charge on any atom is -0.496 e. The average molecular weight is 505 g/mol. The Morgan fingerprint density at radius 2 is 1.08 bits per heavy atom. The molecule has 0 aromatic heterocycles. The molecule has 2 aromatic rings. The standard InChI is InChI=1S/C26H32O10/c1-28-18-15-20(30-3)19(29-2)14-16(18)10-9-13-36-21(27)12-11-17-22(31-4)24(33-6)26(35-8)25(34-7)23(17)32-5/h9-12,14-15H,13H2,1-8H3/b10-9+,12-11+. The molecule has 0 amide bonds. The predicted molar refractivity (Wildman–Crippen MR) is 134 cm³/mol. The minimum absolute atomic E-state index is 0.0181. The van der Waals surface area contributed by atoms with E-state index in [9.17, 15) is 4.79 Å². The van der Waals surface area contributed by atoms with Crippen LogP contribution in [0.25, 0.3) is 12.2 Å². The Balaban J connectivity index is 2.24. The lowest BCUT2D eigenvalue weighted by molar-refractivity contribution is -0.136. The lowest BCUT2D eigenvalue weighted by Gasteiger charge is -2.20. The second-order valence-electron chi connectivity index (χ2n) is 6.89. The summed E-state index contributed by atoms with van der Waals surface area (Å²) in [5.74, 6) is 2.56. The van der Waals surface area contributed by atoms with Gasteiger partial charge in [-0.1, -0.05) is 6.08 Å². The van der Waals surface area contributed by atoms with Crippen molar-refractivity contribution in [1.29, 1.82) is 0 Å². The summed E-state index contributed by atoms with van der Waals surface area (Å²) in [5.41, 5.74) is 1.14. The largest absolute Gasteiger partial charge is 0.496 e. The van der Waals surface area contributed by atoms with Crippen LogP contribution in [-0.2, 0) is 9.53 Å². The molecule has 0 spiro atoms. The zero-order valence-electron chi connectivity index (χ0n) is 21.8. The van der Waals surface area contributed by atoms with E-state index in [0.29, 0.717) is 40.1 Å². The summed E-state index contributed by atoms with van der Waals surface area (Å²) in [6.07, 6.45) is 6.17. The monoisotopic (exact) mass is 504 g/mol. The number of rotatable bonds is 13. The first-order valence-electron chi connectivity index (χ1n) is 10.7. The van der Waals surface area contributed by atoms with Crippen LogP contribution in [0.15, 0.2) is 24.3 Å². The molecule has 0 saturated carbocycles. The van der Waals surface area contributed by atoms with Gasteiger partial charge in [0.2, 0.25) is 17.2 Å². The molecule has 0 heterocycles. The van der Waals surface area contributed by atoms with Crippen molar-refractivity contribution in [2.24, 2.45) is 0 Å². The molecule has 10 nitrogen and oxygen atoms in total. The molecule has 0 radical (unpaired) electrons. The molecule has 0 aliphatic heterocycles. The third-order valence-electron chi connectivity index (χ3n) is 5.08. The number of hydrogen-bond donors (Lipinski definition) is 0. The van der Waals surface area contributed by atoms with Gasteiger partial charge in [0.25, 0.3) is 0 Å². The molecule has 2 aromatic carbocycles.